The number of esters is 1. The van der Waals surface area contributed by atoms with Gasteiger partial charge in [-0.3, -0.25) is 4.79 Å². The summed E-state index contributed by atoms with van der Waals surface area (Å²) in [5, 5.41) is 9.88. The maximum atomic E-state index is 11.5. The van der Waals surface area contributed by atoms with Crippen LogP contribution in [0.1, 0.15) is 25.7 Å². The first kappa shape index (κ1) is 7.80. The highest BCUT2D eigenvalue weighted by molar-refractivity contribution is 5.74. The predicted octanol–water partition coefficient (Wildman–Crippen LogP) is 0.709. The molecule has 4 fully saturated rings. The lowest BCUT2D eigenvalue weighted by Gasteiger charge is -2.39. The Morgan fingerprint density at radius 2 is 2.08 bits per heavy atom. The van der Waals surface area contributed by atoms with Gasteiger partial charge in [-0.2, -0.15) is 0 Å². The maximum absolute atomic E-state index is 11.5. The summed E-state index contributed by atoms with van der Waals surface area (Å²) in [7, 11) is 0. The number of carbonyl (C=O) groups is 1. The van der Waals surface area contributed by atoms with E-state index in [1.807, 2.05) is 0 Å². The lowest BCUT2D eigenvalue weighted by Crippen LogP contribution is -2.41. The molecule has 4 bridgehead atoms. The Hall–Kier alpha value is -0.570. The summed E-state index contributed by atoms with van der Waals surface area (Å²) in [5.41, 5.74) is 0. The Morgan fingerprint density at radius 3 is 2.92 bits per heavy atom. The minimum Gasteiger partial charge on any atom is -0.462 e. The lowest BCUT2D eigenvalue weighted by molar-refractivity contribution is -0.153. The fourth-order valence-electron chi connectivity index (χ4n) is 3.31. The van der Waals surface area contributed by atoms with E-state index in [0.29, 0.717) is 11.8 Å². The van der Waals surface area contributed by atoms with Crippen LogP contribution in [0.3, 0.4) is 0 Å². The van der Waals surface area contributed by atoms with Gasteiger partial charge in [0.05, 0.1) is 12.0 Å². The lowest BCUT2D eigenvalue weighted by atomic mass is 9.67. The second kappa shape index (κ2) is 2.47. The molecule has 4 rings (SSSR count). The predicted molar refractivity (Wildman–Crippen MR) is 44.8 cm³/mol. The topological polar surface area (TPSA) is 46.5 Å². The van der Waals surface area contributed by atoms with Gasteiger partial charge in [0.1, 0.15) is 6.10 Å². The van der Waals surface area contributed by atoms with Gasteiger partial charge in [0.15, 0.2) is 0 Å². The first-order valence-electron chi connectivity index (χ1n) is 5.12. The number of fused-ring (bicyclic) bond motifs is 1. The van der Waals surface area contributed by atoms with Crippen molar-refractivity contribution in [3.8, 4) is 0 Å². The molecule has 1 N–H and O–H groups in total. The highest BCUT2D eigenvalue weighted by Crippen LogP contribution is 2.46. The van der Waals surface area contributed by atoms with Crippen molar-refractivity contribution in [3.63, 3.8) is 0 Å². The van der Waals surface area contributed by atoms with Gasteiger partial charge < -0.3 is 9.84 Å². The minimum absolute atomic E-state index is 0.110. The van der Waals surface area contributed by atoms with Gasteiger partial charge in [0.2, 0.25) is 0 Å². The van der Waals surface area contributed by atoms with E-state index in [4.69, 9.17) is 4.74 Å². The van der Waals surface area contributed by atoms with Crippen LogP contribution in [0.5, 0.6) is 0 Å². The standard InChI is InChI=1S/C10H14O3/c11-9-6-1-5-2-7(4-6)13-10(12)8(9)3-5/h5-9,11H,1-4H2/t5-,6+,7?,8+,9-/m1/s1. The van der Waals surface area contributed by atoms with Crippen LogP contribution in [-0.4, -0.2) is 23.3 Å². The molecular formula is C10H14O3. The van der Waals surface area contributed by atoms with Crippen molar-refractivity contribution in [2.75, 3.05) is 0 Å². The van der Waals surface area contributed by atoms with Crippen LogP contribution in [0.25, 0.3) is 0 Å². The van der Waals surface area contributed by atoms with E-state index in [0.717, 1.165) is 25.7 Å². The average Bonchev–Trinajstić information content (AvgIpc) is 2.24. The first-order chi connectivity index (χ1) is 6.24. The van der Waals surface area contributed by atoms with Crippen LogP contribution in [0.15, 0.2) is 0 Å². The van der Waals surface area contributed by atoms with E-state index >= 15 is 0 Å². The third-order valence-electron chi connectivity index (χ3n) is 3.87. The van der Waals surface area contributed by atoms with Gasteiger partial charge in [-0.05, 0) is 37.5 Å². The third-order valence-corrected chi connectivity index (χ3v) is 3.87. The molecule has 0 radical (unpaired) electrons. The zero-order valence-electron chi connectivity index (χ0n) is 7.48. The van der Waals surface area contributed by atoms with E-state index in [-0.39, 0.29) is 18.0 Å². The van der Waals surface area contributed by atoms with E-state index in [1.54, 1.807) is 0 Å². The van der Waals surface area contributed by atoms with Crippen LogP contribution in [0.4, 0.5) is 0 Å². The number of aliphatic hydroxyl groups is 1. The first-order valence-corrected chi connectivity index (χ1v) is 5.12. The van der Waals surface area contributed by atoms with Crippen LogP contribution in [0, 0.1) is 17.8 Å². The molecule has 4 aliphatic rings. The number of hydrogen-bond donors (Lipinski definition) is 1. The van der Waals surface area contributed by atoms with E-state index in [1.165, 1.54) is 0 Å². The van der Waals surface area contributed by atoms with Gasteiger partial charge in [-0.1, -0.05) is 0 Å². The smallest absolute Gasteiger partial charge is 0.311 e. The SMILES string of the molecule is O=C1OC2C[C@H]3C[C@@H](C2)[C@@H](O)[C@@H]1C3. The molecule has 0 amide bonds. The quantitative estimate of drug-likeness (QED) is 0.561. The fraction of sp³-hybridized carbons (Fsp3) is 0.900. The number of carbonyl (C=O) groups excluding carboxylic acids is 1. The second-order valence-corrected chi connectivity index (χ2v) is 4.72. The monoisotopic (exact) mass is 182 g/mol. The molecule has 3 nitrogen and oxygen atoms in total. The molecule has 2 aliphatic heterocycles. The van der Waals surface area contributed by atoms with Crippen molar-refractivity contribution in [3.05, 3.63) is 0 Å². The molecule has 1 unspecified atom stereocenters. The molecule has 5 atom stereocenters. The summed E-state index contributed by atoms with van der Waals surface area (Å²) >= 11 is 0. The summed E-state index contributed by atoms with van der Waals surface area (Å²) in [6, 6.07) is 0. The van der Waals surface area contributed by atoms with Crippen molar-refractivity contribution in [1.29, 1.82) is 0 Å². The number of hydrogen-bond acceptors (Lipinski definition) is 3. The molecule has 0 spiro atoms. The zero-order chi connectivity index (χ0) is 9.00. The number of rotatable bonds is 0. The second-order valence-electron chi connectivity index (χ2n) is 4.72. The Balaban J connectivity index is 1.99. The normalized spacial score (nSPS) is 53.3. The Labute approximate surface area is 77.1 Å². The summed E-state index contributed by atoms with van der Waals surface area (Å²) in [6.07, 6.45) is 3.57. The highest BCUT2D eigenvalue weighted by atomic mass is 16.5. The van der Waals surface area contributed by atoms with Crippen molar-refractivity contribution < 1.29 is 14.6 Å². The molecule has 2 aliphatic carbocycles. The van der Waals surface area contributed by atoms with E-state index < -0.39 is 6.10 Å². The van der Waals surface area contributed by atoms with Crippen LogP contribution in [0.2, 0.25) is 0 Å². The van der Waals surface area contributed by atoms with Crippen molar-refractivity contribution in [2.45, 2.75) is 37.9 Å². The van der Waals surface area contributed by atoms with Gasteiger partial charge in [0, 0.05) is 0 Å². The van der Waals surface area contributed by atoms with Gasteiger partial charge >= 0.3 is 5.97 Å². The summed E-state index contributed by atoms with van der Waals surface area (Å²) < 4.78 is 5.31. The largest absolute Gasteiger partial charge is 0.462 e. The molecule has 2 saturated carbocycles. The summed E-state index contributed by atoms with van der Waals surface area (Å²) in [4.78, 5) is 11.5. The molecule has 0 aromatic rings. The molecular weight excluding hydrogens is 168 g/mol. The Bertz CT molecular complexity index is 251. The highest BCUT2D eigenvalue weighted by Gasteiger charge is 2.49. The molecule has 13 heavy (non-hydrogen) atoms. The molecule has 2 heterocycles. The van der Waals surface area contributed by atoms with Crippen molar-refractivity contribution in [2.24, 2.45) is 17.8 Å². The summed E-state index contributed by atoms with van der Waals surface area (Å²) in [5.74, 6) is 0.594. The van der Waals surface area contributed by atoms with Gasteiger partial charge in [-0.15, -0.1) is 0 Å². The van der Waals surface area contributed by atoms with Crippen molar-refractivity contribution >= 4 is 5.97 Å². The van der Waals surface area contributed by atoms with Crippen LogP contribution < -0.4 is 0 Å². The minimum atomic E-state index is -0.422. The Morgan fingerprint density at radius 1 is 1.23 bits per heavy atom. The van der Waals surface area contributed by atoms with Crippen LogP contribution >= 0.6 is 0 Å². The fourth-order valence-corrected chi connectivity index (χ4v) is 3.31. The van der Waals surface area contributed by atoms with E-state index in [2.05, 4.69) is 0 Å². The average molecular weight is 182 g/mol. The number of aliphatic hydroxyl groups excluding tert-OH is 1. The van der Waals surface area contributed by atoms with Crippen molar-refractivity contribution in [1.82, 2.24) is 0 Å². The maximum Gasteiger partial charge on any atom is 0.311 e. The summed E-state index contributed by atoms with van der Waals surface area (Å²) in [6.45, 7) is 0. The molecule has 72 valence electrons. The van der Waals surface area contributed by atoms with Crippen LogP contribution in [-0.2, 0) is 9.53 Å². The third kappa shape index (κ3) is 1.03. The number of ether oxygens (including phenoxy) is 1. The molecule has 0 aromatic heterocycles. The molecule has 2 saturated heterocycles. The molecule has 0 aromatic carbocycles. The van der Waals surface area contributed by atoms with Gasteiger partial charge in [-0.25, -0.2) is 0 Å². The Kier molecular flexibility index (Phi) is 1.48. The van der Waals surface area contributed by atoms with E-state index in [9.17, 15) is 9.90 Å². The zero-order valence-corrected chi connectivity index (χ0v) is 7.48. The molecule has 3 heteroatoms. The van der Waals surface area contributed by atoms with Gasteiger partial charge in [0.25, 0.3) is 0 Å².